The number of carbonyl (C=O) groups excluding carboxylic acids is 2. The monoisotopic (exact) mass is 242 g/mol. The van der Waals surface area contributed by atoms with Crippen molar-refractivity contribution in [1.29, 1.82) is 0 Å². The normalized spacial score (nSPS) is 8.35. The van der Waals surface area contributed by atoms with Crippen molar-refractivity contribution < 1.29 is 19.1 Å². The smallest absolute Gasteiger partial charge is 0.306 e. The standard InChI is InChI=1S/C7H12O2.C6H10O2/c1-3-5-7(8)9-6-4-2;1-3-5-8-6(7)4-2/h4H,2-3,5-6H2,1H3;3H,1,4-5H2,2H3. The van der Waals surface area contributed by atoms with E-state index >= 15 is 0 Å². The third kappa shape index (κ3) is 17.1. The predicted octanol–water partition coefficient (Wildman–Crippen LogP) is 2.64. The third-order valence-electron chi connectivity index (χ3n) is 1.47. The largest absolute Gasteiger partial charge is 0.461 e. The summed E-state index contributed by atoms with van der Waals surface area (Å²) in [6.07, 6.45) is 4.90. The van der Waals surface area contributed by atoms with E-state index in [0.717, 1.165) is 6.42 Å². The molecule has 0 amide bonds. The van der Waals surface area contributed by atoms with Crippen LogP contribution >= 0.6 is 0 Å². The Morgan fingerprint density at radius 2 is 1.47 bits per heavy atom. The molecule has 4 nitrogen and oxygen atoms in total. The zero-order chi connectivity index (χ0) is 13.5. The molecule has 17 heavy (non-hydrogen) atoms. The first-order valence-corrected chi connectivity index (χ1v) is 5.65. The van der Waals surface area contributed by atoms with E-state index in [1.807, 2.05) is 6.92 Å². The molecule has 0 aliphatic heterocycles. The highest BCUT2D eigenvalue weighted by atomic mass is 16.5. The average Bonchev–Trinajstić information content (AvgIpc) is 2.34. The molecule has 0 heterocycles. The highest BCUT2D eigenvalue weighted by Gasteiger charge is 1.96. The molecule has 0 bridgehead atoms. The number of hydrogen-bond donors (Lipinski definition) is 0. The maximum atomic E-state index is 10.5. The highest BCUT2D eigenvalue weighted by molar-refractivity contribution is 5.69. The Labute approximate surface area is 103 Å². The summed E-state index contributed by atoms with van der Waals surface area (Å²) in [7, 11) is 0. The maximum Gasteiger partial charge on any atom is 0.306 e. The lowest BCUT2D eigenvalue weighted by Crippen LogP contribution is -2.02. The van der Waals surface area contributed by atoms with E-state index in [9.17, 15) is 9.59 Å². The Hall–Kier alpha value is -1.58. The van der Waals surface area contributed by atoms with Gasteiger partial charge in [-0.25, -0.2) is 0 Å². The van der Waals surface area contributed by atoms with Crippen LogP contribution < -0.4 is 0 Å². The van der Waals surface area contributed by atoms with Gasteiger partial charge in [-0.1, -0.05) is 39.2 Å². The lowest BCUT2D eigenvalue weighted by molar-refractivity contribution is -0.143. The SMILES string of the molecule is C=CCOC(=O)CC.C=CCOC(=O)CCC. The summed E-state index contributed by atoms with van der Waals surface area (Å²) in [4.78, 5) is 20.8. The molecule has 0 fully saturated rings. The van der Waals surface area contributed by atoms with Crippen LogP contribution in [0.15, 0.2) is 25.3 Å². The van der Waals surface area contributed by atoms with Crippen molar-refractivity contribution in [1.82, 2.24) is 0 Å². The fourth-order valence-corrected chi connectivity index (χ4v) is 0.682. The van der Waals surface area contributed by atoms with Crippen LogP contribution in [0, 0.1) is 0 Å². The minimum Gasteiger partial charge on any atom is -0.461 e. The summed E-state index contributed by atoms with van der Waals surface area (Å²) in [5.41, 5.74) is 0. The van der Waals surface area contributed by atoms with Crippen molar-refractivity contribution >= 4 is 11.9 Å². The maximum absolute atomic E-state index is 10.5. The first kappa shape index (κ1) is 17.8. The predicted molar refractivity (Wildman–Crippen MR) is 67.5 cm³/mol. The fourth-order valence-electron chi connectivity index (χ4n) is 0.682. The van der Waals surface area contributed by atoms with Gasteiger partial charge in [-0.2, -0.15) is 0 Å². The van der Waals surface area contributed by atoms with Crippen molar-refractivity contribution in [3.05, 3.63) is 25.3 Å². The molecule has 0 rings (SSSR count). The summed E-state index contributed by atoms with van der Waals surface area (Å²) in [5, 5.41) is 0. The van der Waals surface area contributed by atoms with Crippen molar-refractivity contribution in [2.24, 2.45) is 0 Å². The van der Waals surface area contributed by atoms with E-state index in [0.29, 0.717) is 26.1 Å². The molecule has 0 saturated heterocycles. The van der Waals surface area contributed by atoms with Gasteiger partial charge < -0.3 is 9.47 Å². The summed E-state index contributed by atoms with van der Waals surface area (Å²) < 4.78 is 9.26. The van der Waals surface area contributed by atoms with E-state index in [2.05, 4.69) is 22.6 Å². The lowest BCUT2D eigenvalue weighted by Gasteiger charge is -1.97. The summed E-state index contributed by atoms with van der Waals surface area (Å²) in [6.45, 7) is 11.2. The molecule has 0 aromatic heterocycles. The minimum absolute atomic E-state index is 0.141. The summed E-state index contributed by atoms with van der Waals surface area (Å²) in [5.74, 6) is -0.317. The Morgan fingerprint density at radius 3 is 1.82 bits per heavy atom. The zero-order valence-electron chi connectivity index (χ0n) is 10.7. The van der Waals surface area contributed by atoms with Crippen molar-refractivity contribution in [2.45, 2.75) is 33.1 Å². The molecule has 0 aliphatic rings. The second-order valence-corrected chi connectivity index (χ2v) is 3.05. The van der Waals surface area contributed by atoms with E-state index < -0.39 is 0 Å². The average molecular weight is 242 g/mol. The summed E-state index contributed by atoms with van der Waals surface area (Å²) >= 11 is 0. The molecule has 98 valence electrons. The summed E-state index contributed by atoms with van der Waals surface area (Å²) in [6, 6.07) is 0. The van der Waals surface area contributed by atoms with E-state index in [1.54, 1.807) is 19.1 Å². The molecule has 0 atom stereocenters. The van der Waals surface area contributed by atoms with Crippen LogP contribution in [0.25, 0.3) is 0 Å². The van der Waals surface area contributed by atoms with Gasteiger partial charge >= 0.3 is 11.9 Å². The van der Waals surface area contributed by atoms with E-state index in [-0.39, 0.29) is 11.9 Å². The molecule has 0 aromatic rings. The van der Waals surface area contributed by atoms with E-state index in [4.69, 9.17) is 0 Å². The quantitative estimate of drug-likeness (QED) is 0.508. The third-order valence-corrected chi connectivity index (χ3v) is 1.47. The Morgan fingerprint density at radius 1 is 1.00 bits per heavy atom. The molecule has 0 N–H and O–H groups in total. The molecule has 0 saturated carbocycles. The van der Waals surface area contributed by atoms with Crippen LogP contribution in [0.1, 0.15) is 33.1 Å². The van der Waals surface area contributed by atoms with Gasteiger partial charge in [0.05, 0.1) is 0 Å². The number of esters is 2. The van der Waals surface area contributed by atoms with Crippen molar-refractivity contribution in [2.75, 3.05) is 13.2 Å². The highest BCUT2D eigenvalue weighted by Crippen LogP contribution is 1.89. The molecule has 0 aliphatic carbocycles. The first-order valence-electron chi connectivity index (χ1n) is 5.65. The topological polar surface area (TPSA) is 52.6 Å². The Bertz CT molecular complexity index is 234. The van der Waals surface area contributed by atoms with Gasteiger partial charge in [0.15, 0.2) is 0 Å². The first-order chi connectivity index (χ1) is 8.12. The zero-order valence-corrected chi connectivity index (χ0v) is 10.7. The number of rotatable bonds is 7. The van der Waals surface area contributed by atoms with Crippen molar-refractivity contribution in [3.63, 3.8) is 0 Å². The van der Waals surface area contributed by atoms with Gasteiger partial charge in [0.2, 0.25) is 0 Å². The molecule has 0 unspecified atom stereocenters. The van der Waals surface area contributed by atoms with Crippen LogP contribution in [0.5, 0.6) is 0 Å². The second-order valence-electron chi connectivity index (χ2n) is 3.05. The Kier molecular flexibility index (Phi) is 15.1. The minimum atomic E-state index is -0.176. The molecule has 0 radical (unpaired) electrons. The lowest BCUT2D eigenvalue weighted by atomic mass is 10.3. The number of carbonyl (C=O) groups is 2. The van der Waals surface area contributed by atoms with Crippen LogP contribution in [0.4, 0.5) is 0 Å². The fraction of sp³-hybridized carbons (Fsp3) is 0.538. The molecular weight excluding hydrogens is 220 g/mol. The molecule has 0 spiro atoms. The van der Waals surface area contributed by atoms with Gasteiger partial charge in [-0.3, -0.25) is 9.59 Å². The van der Waals surface area contributed by atoms with Gasteiger partial charge in [-0.05, 0) is 6.42 Å². The van der Waals surface area contributed by atoms with Crippen molar-refractivity contribution in [3.8, 4) is 0 Å². The Balaban J connectivity index is 0. The van der Waals surface area contributed by atoms with Gasteiger partial charge in [0.1, 0.15) is 13.2 Å². The number of ether oxygens (including phenoxy) is 2. The van der Waals surface area contributed by atoms with Gasteiger partial charge in [0.25, 0.3) is 0 Å². The van der Waals surface area contributed by atoms with Crippen LogP contribution in [-0.4, -0.2) is 25.2 Å². The van der Waals surface area contributed by atoms with E-state index in [1.165, 1.54) is 0 Å². The number of hydrogen-bond acceptors (Lipinski definition) is 4. The molecular formula is C13H22O4. The van der Waals surface area contributed by atoms with Gasteiger partial charge in [-0.15, -0.1) is 0 Å². The molecule has 0 aromatic carbocycles. The molecule has 4 heteroatoms. The van der Waals surface area contributed by atoms with Crippen LogP contribution in [0.3, 0.4) is 0 Å². The van der Waals surface area contributed by atoms with Crippen LogP contribution in [0.2, 0.25) is 0 Å². The second kappa shape index (κ2) is 14.4. The van der Waals surface area contributed by atoms with Gasteiger partial charge in [0, 0.05) is 12.8 Å². The van der Waals surface area contributed by atoms with Crippen LogP contribution in [-0.2, 0) is 19.1 Å².